The van der Waals surface area contributed by atoms with E-state index in [-0.39, 0.29) is 6.54 Å². The van der Waals surface area contributed by atoms with Gasteiger partial charge in [0, 0.05) is 0 Å². The fraction of sp³-hybridized carbons (Fsp3) is 1.00. The molecule has 0 fully saturated rings. The molecule has 0 rings (SSSR count). The topological polar surface area (TPSA) is 50.7 Å². The number of rotatable bonds is 3. The van der Waals surface area contributed by atoms with Crippen LogP contribution in [0, 0.1) is 0 Å². The third-order valence-corrected chi connectivity index (χ3v) is 0.804. The lowest BCUT2D eigenvalue weighted by Crippen LogP contribution is -2.01. The summed E-state index contributed by atoms with van der Waals surface area (Å²) in [7, 11) is 0. The highest BCUT2D eigenvalue weighted by atomic mass is 19.1. The number of hydrogen-bond donors (Lipinski definition) is 1. The van der Waals surface area contributed by atoms with Crippen LogP contribution in [0.1, 0.15) is 13.3 Å². The van der Waals surface area contributed by atoms with Crippen LogP contribution in [0.15, 0.2) is 10.3 Å². The monoisotopic (exact) mass is 119 g/mol. The van der Waals surface area contributed by atoms with Crippen molar-refractivity contribution in [3.63, 3.8) is 0 Å². The maximum atomic E-state index is 12.1. The Morgan fingerprint density at radius 2 is 2.38 bits per heavy atom. The van der Waals surface area contributed by atoms with Gasteiger partial charge in [0.2, 0.25) is 0 Å². The van der Waals surface area contributed by atoms with Crippen LogP contribution in [0.4, 0.5) is 4.39 Å². The maximum Gasteiger partial charge on any atom is 0.121 e. The SMILES string of the molecule is CCC(F)CN=NN. The molecule has 0 spiro atoms. The zero-order valence-corrected chi connectivity index (χ0v) is 4.84. The number of hydrogen-bond acceptors (Lipinski definition) is 2. The molecule has 0 aromatic rings. The van der Waals surface area contributed by atoms with Crippen LogP contribution in [0.5, 0.6) is 0 Å². The summed E-state index contributed by atoms with van der Waals surface area (Å²) in [4.78, 5) is 0. The molecule has 0 radical (unpaired) electrons. The maximum absolute atomic E-state index is 12.1. The van der Waals surface area contributed by atoms with Crippen LogP contribution >= 0.6 is 0 Å². The van der Waals surface area contributed by atoms with Gasteiger partial charge >= 0.3 is 0 Å². The fourth-order valence-electron chi connectivity index (χ4n) is 0.265. The van der Waals surface area contributed by atoms with Gasteiger partial charge in [-0.15, -0.1) is 0 Å². The summed E-state index contributed by atoms with van der Waals surface area (Å²) in [6, 6.07) is 0. The minimum absolute atomic E-state index is 0.0903. The van der Waals surface area contributed by atoms with E-state index in [0.29, 0.717) is 6.42 Å². The lowest BCUT2D eigenvalue weighted by atomic mass is 10.3. The van der Waals surface area contributed by atoms with Crippen molar-refractivity contribution in [1.82, 2.24) is 0 Å². The molecule has 0 bridgehead atoms. The van der Waals surface area contributed by atoms with Crippen LogP contribution < -0.4 is 5.84 Å². The molecular weight excluding hydrogens is 109 g/mol. The van der Waals surface area contributed by atoms with E-state index in [4.69, 9.17) is 0 Å². The highest BCUT2D eigenvalue weighted by Gasteiger charge is 1.98. The van der Waals surface area contributed by atoms with E-state index in [0.717, 1.165) is 0 Å². The lowest BCUT2D eigenvalue weighted by Gasteiger charge is -1.95. The van der Waals surface area contributed by atoms with Crippen LogP contribution in [0.25, 0.3) is 0 Å². The number of nitrogens with zero attached hydrogens (tertiary/aromatic N) is 2. The number of halogens is 1. The first-order valence-electron chi connectivity index (χ1n) is 2.52. The molecule has 0 aromatic heterocycles. The molecule has 8 heavy (non-hydrogen) atoms. The molecule has 0 aliphatic rings. The van der Waals surface area contributed by atoms with E-state index in [1.807, 2.05) is 0 Å². The molecule has 0 aliphatic carbocycles. The summed E-state index contributed by atoms with van der Waals surface area (Å²) in [6.07, 6.45) is -0.416. The van der Waals surface area contributed by atoms with Gasteiger partial charge in [0.25, 0.3) is 0 Å². The van der Waals surface area contributed by atoms with Gasteiger partial charge in [-0.25, -0.2) is 4.39 Å². The van der Waals surface area contributed by atoms with Crippen molar-refractivity contribution in [2.24, 2.45) is 16.2 Å². The average molecular weight is 119 g/mol. The summed E-state index contributed by atoms with van der Waals surface area (Å²) in [5.41, 5.74) is 0. The molecule has 1 atom stereocenters. The third-order valence-electron chi connectivity index (χ3n) is 0.804. The smallest absolute Gasteiger partial charge is 0.121 e. The Morgan fingerprint density at radius 1 is 1.75 bits per heavy atom. The minimum Gasteiger partial charge on any atom is -0.305 e. The van der Waals surface area contributed by atoms with Crippen molar-refractivity contribution in [3.05, 3.63) is 0 Å². The Balaban J connectivity index is 3.10. The highest BCUT2D eigenvalue weighted by molar-refractivity contribution is 4.52. The first kappa shape index (κ1) is 7.33. The molecule has 2 N–H and O–H groups in total. The Labute approximate surface area is 47.8 Å². The van der Waals surface area contributed by atoms with Crippen molar-refractivity contribution in [3.8, 4) is 0 Å². The minimum atomic E-state index is -0.887. The first-order valence-corrected chi connectivity index (χ1v) is 2.52. The second kappa shape index (κ2) is 4.49. The van der Waals surface area contributed by atoms with Gasteiger partial charge in [-0.05, 0) is 6.42 Å². The molecular formula is C4H10FN3. The Hall–Kier alpha value is -0.670. The van der Waals surface area contributed by atoms with E-state index in [2.05, 4.69) is 16.2 Å². The Bertz CT molecular complexity index is 73.7. The third kappa shape index (κ3) is 3.52. The normalized spacial score (nSPS) is 14.8. The van der Waals surface area contributed by atoms with Crippen molar-refractivity contribution < 1.29 is 4.39 Å². The van der Waals surface area contributed by atoms with Gasteiger partial charge < -0.3 is 5.84 Å². The summed E-state index contributed by atoms with van der Waals surface area (Å²) in [5, 5.41) is 6.18. The van der Waals surface area contributed by atoms with E-state index >= 15 is 0 Å². The second-order valence-corrected chi connectivity index (χ2v) is 1.44. The Kier molecular flexibility index (Phi) is 4.11. The van der Waals surface area contributed by atoms with Gasteiger partial charge in [-0.3, -0.25) is 0 Å². The number of nitrogens with two attached hydrogens (primary N) is 1. The molecule has 0 amide bonds. The van der Waals surface area contributed by atoms with Crippen molar-refractivity contribution in [2.45, 2.75) is 19.5 Å². The van der Waals surface area contributed by atoms with E-state index in [1.165, 1.54) is 0 Å². The second-order valence-electron chi connectivity index (χ2n) is 1.44. The van der Waals surface area contributed by atoms with E-state index in [9.17, 15) is 4.39 Å². The predicted octanol–water partition coefficient (Wildman–Crippen LogP) is 1.06. The largest absolute Gasteiger partial charge is 0.305 e. The average Bonchev–Trinajstić information content (AvgIpc) is 1.83. The quantitative estimate of drug-likeness (QED) is 0.337. The summed E-state index contributed by atoms with van der Waals surface area (Å²) >= 11 is 0. The summed E-state index contributed by atoms with van der Waals surface area (Å²) in [6.45, 7) is 1.84. The van der Waals surface area contributed by atoms with Gasteiger partial charge in [-0.1, -0.05) is 12.1 Å². The van der Waals surface area contributed by atoms with Crippen molar-refractivity contribution >= 4 is 0 Å². The molecule has 0 heterocycles. The molecule has 0 saturated carbocycles. The molecule has 48 valence electrons. The standard InChI is InChI=1S/C4H10FN3/c1-2-4(5)3-7-8-6/h4H,2-3H2,1H3,(H2,6,7). The van der Waals surface area contributed by atoms with Gasteiger partial charge in [0.15, 0.2) is 0 Å². The van der Waals surface area contributed by atoms with Gasteiger partial charge in [-0.2, -0.15) is 5.11 Å². The zero-order valence-electron chi connectivity index (χ0n) is 4.84. The van der Waals surface area contributed by atoms with Gasteiger partial charge in [0.1, 0.15) is 6.17 Å². The first-order chi connectivity index (χ1) is 3.81. The van der Waals surface area contributed by atoms with Gasteiger partial charge in [0.05, 0.1) is 6.54 Å². The molecule has 0 aliphatic heterocycles. The molecule has 1 unspecified atom stereocenters. The van der Waals surface area contributed by atoms with Crippen LogP contribution in [0.3, 0.4) is 0 Å². The molecule has 0 aromatic carbocycles. The lowest BCUT2D eigenvalue weighted by molar-refractivity contribution is 0.329. The van der Waals surface area contributed by atoms with Crippen LogP contribution in [-0.4, -0.2) is 12.7 Å². The predicted molar refractivity (Wildman–Crippen MR) is 29.1 cm³/mol. The summed E-state index contributed by atoms with van der Waals surface area (Å²) in [5.74, 6) is 4.62. The van der Waals surface area contributed by atoms with Crippen LogP contribution in [-0.2, 0) is 0 Å². The van der Waals surface area contributed by atoms with Crippen molar-refractivity contribution in [2.75, 3.05) is 6.54 Å². The summed E-state index contributed by atoms with van der Waals surface area (Å²) < 4.78 is 12.1. The molecule has 3 nitrogen and oxygen atoms in total. The molecule has 4 heteroatoms. The molecule has 0 saturated heterocycles. The van der Waals surface area contributed by atoms with E-state index < -0.39 is 6.17 Å². The zero-order chi connectivity index (χ0) is 6.41. The number of alkyl halides is 1. The van der Waals surface area contributed by atoms with E-state index in [1.54, 1.807) is 6.92 Å². The fourth-order valence-corrected chi connectivity index (χ4v) is 0.265. The van der Waals surface area contributed by atoms with Crippen LogP contribution in [0.2, 0.25) is 0 Å². The Morgan fingerprint density at radius 3 is 2.75 bits per heavy atom. The van der Waals surface area contributed by atoms with Crippen molar-refractivity contribution in [1.29, 1.82) is 0 Å². The highest BCUT2D eigenvalue weighted by Crippen LogP contribution is 1.95.